The van der Waals surface area contributed by atoms with Gasteiger partial charge in [0.25, 0.3) is 0 Å². The van der Waals surface area contributed by atoms with E-state index >= 15 is 0 Å². The predicted molar refractivity (Wildman–Crippen MR) is 67.3 cm³/mol. The molecule has 2 rings (SSSR count). The zero-order valence-corrected chi connectivity index (χ0v) is 10.6. The van der Waals surface area contributed by atoms with Crippen molar-refractivity contribution < 1.29 is 4.79 Å². The Morgan fingerprint density at radius 3 is 2.88 bits per heavy atom. The highest BCUT2D eigenvalue weighted by molar-refractivity contribution is 9.10. The fourth-order valence-electron chi connectivity index (χ4n) is 1.92. The van der Waals surface area contributed by atoms with Crippen molar-refractivity contribution in [2.24, 2.45) is 0 Å². The van der Waals surface area contributed by atoms with Crippen molar-refractivity contribution in [3.8, 4) is 0 Å². The number of hydrogen-bond acceptors (Lipinski definition) is 3. The molecule has 1 aliphatic heterocycles. The number of benzene rings is 1. The van der Waals surface area contributed by atoms with Crippen molar-refractivity contribution in [2.75, 3.05) is 19.6 Å². The molecule has 1 N–H and O–H groups in total. The molecule has 0 amide bonds. The molecule has 86 valence electrons. The van der Waals surface area contributed by atoms with Crippen molar-refractivity contribution in [3.63, 3.8) is 0 Å². The van der Waals surface area contributed by atoms with Crippen LogP contribution in [-0.4, -0.2) is 36.9 Å². The second kappa shape index (κ2) is 5.57. The summed E-state index contributed by atoms with van der Waals surface area (Å²) in [5.74, 6) is 0. The summed E-state index contributed by atoms with van der Waals surface area (Å²) in [7, 11) is 0. The van der Waals surface area contributed by atoms with Crippen LogP contribution in [0.1, 0.15) is 5.56 Å². The lowest BCUT2D eigenvalue weighted by Gasteiger charge is -2.31. The van der Waals surface area contributed by atoms with Gasteiger partial charge in [-0.2, -0.15) is 0 Å². The lowest BCUT2D eigenvalue weighted by Crippen LogP contribution is -2.50. The molecule has 3 nitrogen and oxygen atoms in total. The Hall–Kier alpha value is -0.710. The zero-order chi connectivity index (χ0) is 11.4. The summed E-state index contributed by atoms with van der Waals surface area (Å²) < 4.78 is 1.10. The first kappa shape index (κ1) is 11.8. The van der Waals surface area contributed by atoms with Crippen LogP contribution in [0.5, 0.6) is 0 Å². The number of carbonyl (C=O) groups is 1. The highest BCUT2D eigenvalue weighted by Crippen LogP contribution is 2.12. The van der Waals surface area contributed by atoms with Crippen LogP contribution in [0.3, 0.4) is 0 Å². The fourth-order valence-corrected chi connectivity index (χ4v) is 2.19. The molecule has 0 aromatic heterocycles. The topological polar surface area (TPSA) is 32.3 Å². The second-order valence-corrected chi connectivity index (χ2v) is 4.97. The molecule has 1 aromatic carbocycles. The minimum atomic E-state index is -0.0100. The Balaban J connectivity index is 1.93. The average molecular weight is 283 g/mol. The molecule has 0 aliphatic carbocycles. The van der Waals surface area contributed by atoms with Gasteiger partial charge in [0.1, 0.15) is 6.29 Å². The number of carbonyl (C=O) groups excluding carboxylic acids is 1. The zero-order valence-electron chi connectivity index (χ0n) is 9.03. The normalized spacial score (nSPS) is 21.9. The van der Waals surface area contributed by atoms with E-state index in [-0.39, 0.29) is 6.04 Å². The van der Waals surface area contributed by atoms with Crippen LogP contribution >= 0.6 is 15.9 Å². The van der Waals surface area contributed by atoms with Crippen molar-refractivity contribution in [1.29, 1.82) is 0 Å². The van der Waals surface area contributed by atoms with Crippen LogP contribution in [0.15, 0.2) is 28.7 Å². The molecule has 1 unspecified atom stereocenters. The van der Waals surface area contributed by atoms with E-state index in [2.05, 4.69) is 50.4 Å². The second-order valence-electron chi connectivity index (χ2n) is 4.06. The molecule has 0 spiro atoms. The molecule has 0 radical (unpaired) electrons. The first-order chi connectivity index (χ1) is 7.78. The van der Waals surface area contributed by atoms with E-state index in [1.54, 1.807) is 0 Å². The number of nitrogens with one attached hydrogen (secondary N) is 1. The summed E-state index contributed by atoms with van der Waals surface area (Å²) in [4.78, 5) is 13.0. The molecule has 4 heteroatoms. The molecular formula is C12H15BrN2O. The summed E-state index contributed by atoms with van der Waals surface area (Å²) in [6, 6.07) is 8.32. The fraction of sp³-hybridized carbons (Fsp3) is 0.417. The highest BCUT2D eigenvalue weighted by Gasteiger charge is 2.18. The van der Waals surface area contributed by atoms with Crippen molar-refractivity contribution in [3.05, 3.63) is 34.3 Å². The first-order valence-electron chi connectivity index (χ1n) is 5.43. The van der Waals surface area contributed by atoms with Gasteiger partial charge in [0.15, 0.2) is 0 Å². The van der Waals surface area contributed by atoms with Gasteiger partial charge in [-0.1, -0.05) is 28.1 Å². The van der Waals surface area contributed by atoms with E-state index in [1.807, 2.05) is 0 Å². The van der Waals surface area contributed by atoms with Crippen LogP contribution in [0.4, 0.5) is 0 Å². The molecule has 1 aromatic rings. The first-order valence-corrected chi connectivity index (χ1v) is 6.23. The van der Waals surface area contributed by atoms with E-state index in [4.69, 9.17) is 0 Å². The van der Waals surface area contributed by atoms with Gasteiger partial charge < -0.3 is 10.1 Å². The van der Waals surface area contributed by atoms with Gasteiger partial charge in [0.05, 0.1) is 6.04 Å². The number of hydrogen-bond donors (Lipinski definition) is 1. The van der Waals surface area contributed by atoms with Gasteiger partial charge in [-0.05, 0) is 17.7 Å². The average Bonchev–Trinajstić information content (AvgIpc) is 2.32. The van der Waals surface area contributed by atoms with Gasteiger partial charge in [0, 0.05) is 30.7 Å². The molecule has 1 heterocycles. The molecule has 1 fully saturated rings. The van der Waals surface area contributed by atoms with Crippen LogP contribution in [-0.2, 0) is 11.3 Å². The van der Waals surface area contributed by atoms with E-state index in [0.29, 0.717) is 0 Å². The molecule has 1 aliphatic rings. The minimum Gasteiger partial charge on any atom is -0.305 e. The molecule has 1 atom stereocenters. The number of piperazine rings is 1. The third-order valence-electron chi connectivity index (χ3n) is 2.77. The summed E-state index contributed by atoms with van der Waals surface area (Å²) in [5.41, 5.74) is 1.29. The van der Waals surface area contributed by atoms with E-state index < -0.39 is 0 Å². The Kier molecular flexibility index (Phi) is 4.09. The highest BCUT2D eigenvalue weighted by atomic mass is 79.9. The van der Waals surface area contributed by atoms with Crippen LogP contribution < -0.4 is 5.32 Å². The summed E-state index contributed by atoms with van der Waals surface area (Å²) in [6.07, 6.45) is 0.994. The van der Waals surface area contributed by atoms with Crippen LogP contribution in [0.2, 0.25) is 0 Å². The number of rotatable bonds is 3. The maximum Gasteiger partial charge on any atom is 0.138 e. The van der Waals surface area contributed by atoms with Gasteiger partial charge in [-0.25, -0.2) is 0 Å². The molecule has 0 saturated carbocycles. The number of halogens is 1. The molecule has 0 bridgehead atoms. The van der Waals surface area contributed by atoms with E-state index in [0.717, 1.165) is 36.9 Å². The lowest BCUT2D eigenvalue weighted by molar-refractivity contribution is -0.110. The van der Waals surface area contributed by atoms with Gasteiger partial charge in [-0.15, -0.1) is 0 Å². The van der Waals surface area contributed by atoms with E-state index in [1.165, 1.54) is 5.56 Å². The lowest BCUT2D eigenvalue weighted by atomic mass is 10.1. The minimum absolute atomic E-state index is 0.0100. The maximum atomic E-state index is 10.7. The number of nitrogens with zero attached hydrogens (tertiary/aromatic N) is 1. The Bertz CT molecular complexity index is 353. The summed E-state index contributed by atoms with van der Waals surface area (Å²) in [6.45, 7) is 3.61. The Labute approximate surface area is 104 Å². The summed E-state index contributed by atoms with van der Waals surface area (Å²) >= 11 is 3.42. The third-order valence-corrected chi connectivity index (χ3v) is 3.30. The summed E-state index contributed by atoms with van der Waals surface area (Å²) in [5, 5.41) is 3.18. The van der Waals surface area contributed by atoms with Crippen LogP contribution in [0.25, 0.3) is 0 Å². The van der Waals surface area contributed by atoms with Gasteiger partial charge >= 0.3 is 0 Å². The van der Waals surface area contributed by atoms with Crippen molar-refractivity contribution >= 4 is 22.2 Å². The van der Waals surface area contributed by atoms with E-state index in [9.17, 15) is 4.79 Å². The van der Waals surface area contributed by atoms with Crippen molar-refractivity contribution in [1.82, 2.24) is 10.2 Å². The molecule has 1 saturated heterocycles. The Morgan fingerprint density at radius 2 is 2.19 bits per heavy atom. The third kappa shape index (κ3) is 3.14. The molecule has 16 heavy (non-hydrogen) atoms. The molecular weight excluding hydrogens is 268 g/mol. The smallest absolute Gasteiger partial charge is 0.138 e. The Morgan fingerprint density at radius 1 is 1.44 bits per heavy atom. The number of aldehydes is 1. The van der Waals surface area contributed by atoms with Crippen molar-refractivity contribution in [2.45, 2.75) is 12.6 Å². The maximum absolute atomic E-state index is 10.7. The van der Waals surface area contributed by atoms with Crippen LogP contribution in [0, 0.1) is 0 Å². The monoisotopic (exact) mass is 282 g/mol. The standard InChI is InChI=1S/C12H15BrN2O/c13-11-3-1-10(2-4-11)7-15-6-5-14-12(8-15)9-16/h1-4,9,12,14H,5-8H2. The predicted octanol–water partition coefficient (Wildman–Crippen LogP) is 1.42. The SMILES string of the molecule is O=CC1CN(Cc2ccc(Br)cc2)CCN1. The quantitative estimate of drug-likeness (QED) is 0.852. The largest absolute Gasteiger partial charge is 0.305 e. The van der Waals surface area contributed by atoms with Gasteiger partial charge in [0.2, 0.25) is 0 Å². The van der Waals surface area contributed by atoms with Gasteiger partial charge in [-0.3, -0.25) is 4.90 Å².